The molecule has 0 atom stereocenters. The van der Waals surface area contributed by atoms with Gasteiger partial charge in [-0.25, -0.2) is 4.98 Å². The van der Waals surface area contributed by atoms with Crippen molar-refractivity contribution < 1.29 is 9.53 Å². The van der Waals surface area contributed by atoms with E-state index in [1.807, 2.05) is 28.8 Å². The van der Waals surface area contributed by atoms with Crippen molar-refractivity contribution in [2.75, 3.05) is 38.2 Å². The maximum Gasteiger partial charge on any atom is 0.257 e. The van der Waals surface area contributed by atoms with E-state index in [1.165, 1.54) is 5.56 Å². The van der Waals surface area contributed by atoms with Crippen molar-refractivity contribution in [3.05, 3.63) is 66.1 Å². The van der Waals surface area contributed by atoms with Gasteiger partial charge >= 0.3 is 0 Å². The second-order valence-corrected chi connectivity index (χ2v) is 6.47. The minimum absolute atomic E-state index is 0.123. The number of anilines is 1. The van der Waals surface area contributed by atoms with Gasteiger partial charge in [0.25, 0.3) is 5.91 Å². The first-order valence-corrected chi connectivity index (χ1v) is 8.91. The summed E-state index contributed by atoms with van der Waals surface area (Å²) in [6, 6.07) is 11.7. The van der Waals surface area contributed by atoms with Crippen LogP contribution in [0.15, 0.2) is 55.0 Å². The molecule has 0 aliphatic carbocycles. The van der Waals surface area contributed by atoms with Crippen molar-refractivity contribution in [3.8, 4) is 0 Å². The summed E-state index contributed by atoms with van der Waals surface area (Å²) in [5.41, 5.74) is 3.50. The number of hydrogen-bond acceptors (Lipinski definition) is 4. The summed E-state index contributed by atoms with van der Waals surface area (Å²) in [6.45, 7) is 4.72. The monoisotopic (exact) mass is 350 g/mol. The fraction of sp³-hybridized carbons (Fsp3) is 0.300. The predicted octanol–water partition coefficient (Wildman–Crippen LogP) is 2.46. The molecule has 1 aromatic carbocycles. The van der Waals surface area contributed by atoms with Gasteiger partial charge in [-0.1, -0.05) is 12.1 Å². The second-order valence-electron chi connectivity index (χ2n) is 6.47. The van der Waals surface area contributed by atoms with Crippen molar-refractivity contribution in [1.82, 2.24) is 14.3 Å². The first kappa shape index (κ1) is 16.8. The summed E-state index contributed by atoms with van der Waals surface area (Å²) in [5.74, 6) is -0.123. The van der Waals surface area contributed by atoms with Crippen LogP contribution >= 0.6 is 0 Å². The Bertz CT molecular complexity index is 882. The van der Waals surface area contributed by atoms with Crippen LogP contribution in [-0.4, -0.2) is 53.0 Å². The zero-order valence-corrected chi connectivity index (χ0v) is 14.6. The van der Waals surface area contributed by atoms with E-state index in [1.54, 1.807) is 18.5 Å². The molecule has 0 bridgehead atoms. The maximum absolute atomic E-state index is 12.4. The standard InChI is InChI=1S/C20H22N4O2/c25-20(17-3-6-19-21-8-10-24(19)15-17)22-18-4-1-16(2-5-18)7-9-23-11-13-26-14-12-23/h1-6,8,10,15H,7,9,11-14H2,(H,22,25). The van der Waals surface area contributed by atoms with Gasteiger partial charge in [0.05, 0.1) is 18.8 Å². The number of ether oxygens (including phenoxy) is 1. The Kier molecular flexibility index (Phi) is 4.95. The van der Waals surface area contributed by atoms with E-state index < -0.39 is 0 Å². The Morgan fingerprint density at radius 1 is 1.12 bits per heavy atom. The number of morpholine rings is 1. The molecule has 0 saturated carbocycles. The number of aromatic nitrogens is 2. The number of nitrogens with zero attached hydrogens (tertiary/aromatic N) is 3. The maximum atomic E-state index is 12.4. The number of nitrogens with one attached hydrogen (secondary N) is 1. The summed E-state index contributed by atoms with van der Waals surface area (Å²) in [7, 11) is 0. The quantitative estimate of drug-likeness (QED) is 0.768. The molecular formula is C20H22N4O2. The van der Waals surface area contributed by atoms with E-state index in [2.05, 4.69) is 27.3 Å². The molecule has 3 aromatic rings. The zero-order valence-electron chi connectivity index (χ0n) is 14.6. The van der Waals surface area contributed by atoms with E-state index in [4.69, 9.17) is 4.74 Å². The SMILES string of the molecule is O=C(Nc1ccc(CCN2CCOCC2)cc1)c1ccc2nccn2c1. The molecule has 1 fully saturated rings. The molecule has 1 aliphatic heterocycles. The molecule has 0 radical (unpaired) electrons. The molecule has 1 saturated heterocycles. The number of benzene rings is 1. The molecule has 134 valence electrons. The highest BCUT2D eigenvalue weighted by Crippen LogP contribution is 2.13. The molecular weight excluding hydrogens is 328 g/mol. The molecule has 3 heterocycles. The van der Waals surface area contributed by atoms with E-state index in [9.17, 15) is 4.79 Å². The second kappa shape index (κ2) is 7.68. The van der Waals surface area contributed by atoms with Crippen LogP contribution in [-0.2, 0) is 11.2 Å². The van der Waals surface area contributed by atoms with Crippen LogP contribution in [0.2, 0.25) is 0 Å². The Morgan fingerprint density at radius 2 is 1.92 bits per heavy atom. The highest BCUT2D eigenvalue weighted by atomic mass is 16.5. The third-order valence-electron chi connectivity index (χ3n) is 4.68. The van der Waals surface area contributed by atoms with Crippen molar-refractivity contribution in [1.29, 1.82) is 0 Å². The number of amides is 1. The fourth-order valence-electron chi connectivity index (χ4n) is 3.12. The van der Waals surface area contributed by atoms with E-state index in [0.717, 1.165) is 50.6 Å². The number of pyridine rings is 1. The summed E-state index contributed by atoms with van der Waals surface area (Å²) in [6.07, 6.45) is 6.34. The molecule has 26 heavy (non-hydrogen) atoms. The average molecular weight is 350 g/mol. The summed E-state index contributed by atoms with van der Waals surface area (Å²) in [5, 5.41) is 2.95. The van der Waals surface area contributed by atoms with Gasteiger partial charge in [0.2, 0.25) is 0 Å². The van der Waals surface area contributed by atoms with Gasteiger partial charge in [0.1, 0.15) is 5.65 Å². The van der Waals surface area contributed by atoms with Crippen LogP contribution in [0.1, 0.15) is 15.9 Å². The summed E-state index contributed by atoms with van der Waals surface area (Å²) < 4.78 is 7.21. The average Bonchev–Trinajstić information content (AvgIpc) is 3.16. The molecule has 6 nitrogen and oxygen atoms in total. The highest BCUT2D eigenvalue weighted by molar-refractivity contribution is 6.04. The molecule has 1 aliphatic rings. The van der Waals surface area contributed by atoms with Crippen molar-refractivity contribution in [3.63, 3.8) is 0 Å². The Balaban J connectivity index is 1.34. The summed E-state index contributed by atoms with van der Waals surface area (Å²) >= 11 is 0. The van der Waals surface area contributed by atoms with Gasteiger partial charge in [-0.2, -0.15) is 0 Å². The van der Waals surface area contributed by atoms with Crippen molar-refractivity contribution >= 4 is 17.2 Å². The van der Waals surface area contributed by atoms with Gasteiger partial charge in [-0.05, 0) is 36.2 Å². The van der Waals surface area contributed by atoms with Crippen molar-refractivity contribution in [2.24, 2.45) is 0 Å². The third-order valence-corrected chi connectivity index (χ3v) is 4.68. The number of hydrogen-bond donors (Lipinski definition) is 1. The van der Waals surface area contributed by atoms with Crippen LogP contribution in [0, 0.1) is 0 Å². The lowest BCUT2D eigenvalue weighted by Gasteiger charge is -2.26. The molecule has 1 amide bonds. The zero-order chi connectivity index (χ0) is 17.8. The van der Waals surface area contributed by atoms with Crippen molar-refractivity contribution in [2.45, 2.75) is 6.42 Å². The van der Waals surface area contributed by atoms with Gasteiger partial charge in [-0.15, -0.1) is 0 Å². The van der Waals surface area contributed by atoms with Crippen LogP contribution in [0.4, 0.5) is 5.69 Å². The Labute approximate surface area is 152 Å². The first-order chi connectivity index (χ1) is 12.8. The van der Waals surface area contributed by atoms with Crippen LogP contribution in [0.5, 0.6) is 0 Å². The van der Waals surface area contributed by atoms with E-state index in [0.29, 0.717) is 5.56 Å². The van der Waals surface area contributed by atoms with E-state index >= 15 is 0 Å². The van der Waals surface area contributed by atoms with Crippen LogP contribution in [0.3, 0.4) is 0 Å². The number of imidazole rings is 1. The van der Waals surface area contributed by atoms with Gasteiger partial charge < -0.3 is 14.5 Å². The third kappa shape index (κ3) is 3.92. The normalized spacial score (nSPS) is 15.2. The lowest BCUT2D eigenvalue weighted by molar-refractivity contribution is 0.0384. The molecule has 6 heteroatoms. The largest absolute Gasteiger partial charge is 0.379 e. The highest BCUT2D eigenvalue weighted by Gasteiger charge is 2.10. The predicted molar refractivity (Wildman–Crippen MR) is 101 cm³/mol. The molecule has 2 aromatic heterocycles. The minimum Gasteiger partial charge on any atom is -0.379 e. The van der Waals surface area contributed by atoms with E-state index in [-0.39, 0.29) is 5.91 Å². The first-order valence-electron chi connectivity index (χ1n) is 8.91. The Hall–Kier alpha value is -2.70. The lowest BCUT2D eigenvalue weighted by Crippen LogP contribution is -2.37. The smallest absolute Gasteiger partial charge is 0.257 e. The molecule has 1 N–H and O–H groups in total. The van der Waals surface area contributed by atoms with Gasteiger partial charge in [0, 0.05) is 43.9 Å². The topological polar surface area (TPSA) is 58.9 Å². The number of rotatable bonds is 5. The number of carbonyl (C=O) groups is 1. The minimum atomic E-state index is -0.123. The molecule has 0 spiro atoms. The van der Waals surface area contributed by atoms with Gasteiger partial charge in [0.15, 0.2) is 0 Å². The van der Waals surface area contributed by atoms with Gasteiger partial charge in [-0.3, -0.25) is 9.69 Å². The van der Waals surface area contributed by atoms with Crippen LogP contribution in [0.25, 0.3) is 5.65 Å². The Morgan fingerprint density at radius 3 is 2.73 bits per heavy atom. The fourth-order valence-corrected chi connectivity index (χ4v) is 3.12. The number of fused-ring (bicyclic) bond motifs is 1. The lowest BCUT2D eigenvalue weighted by atomic mass is 10.1. The summed E-state index contributed by atoms with van der Waals surface area (Å²) in [4.78, 5) is 19.0. The number of carbonyl (C=O) groups excluding carboxylic acids is 1. The molecule has 0 unspecified atom stereocenters. The van der Waals surface area contributed by atoms with Crippen LogP contribution < -0.4 is 5.32 Å². The molecule has 4 rings (SSSR count).